The zero-order valence-corrected chi connectivity index (χ0v) is 11.9. The molecule has 4 heteroatoms. The van der Waals surface area contributed by atoms with Crippen molar-refractivity contribution < 1.29 is 0 Å². The number of likely N-dealkylation sites (tertiary alicyclic amines) is 1. The van der Waals surface area contributed by atoms with Crippen molar-refractivity contribution in [1.82, 2.24) is 20.0 Å². The maximum Gasteiger partial charge on any atom is 0.0666 e. The molecule has 4 nitrogen and oxygen atoms in total. The normalized spacial score (nSPS) is 21.4. The molecule has 0 aliphatic carbocycles. The molecule has 1 atom stereocenters. The first-order valence-electron chi connectivity index (χ1n) is 7.20. The Hall–Kier alpha value is -0.870. The predicted octanol–water partition coefficient (Wildman–Crippen LogP) is 1.56. The van der Waals surface area contributed by atoms with Gasteiger partial charge in [-0.1, -0.05) is 13.8 Å². The van der Waals surface area contributed by atoms with E-state index in [1.807, 2.05) is 11.7 Å². The first-order chi connectivity index (χ1) is 8.72. The van der Waals surface area contributed by atoms with E-state index in [1.165, 1.54) is 37.2 Å². The third-order valence-electron chi connectivity index (χ3n) is 3.72. The standard InChI is InChI=1S/C14H26N4/c1-4-14-12(9-17(3)16-14)10-18-8-6-7-13(11-18)15-5-2/h9,13,15H,4-8,10-11H2,1-3H3. The Kier molecular flexibility index (Phi) is 4.78. The summed E-state index contributed by atoms with van der Waals surface area (Å²) in [6, 6.07) is 0.672. The Morgan fingerprint density at radius 2 is 2.28 bits per heavy atom. The Morgan fingerprint density at radius 3 is 3.00 bits per heavy atom. The third kappa shape index (κ3) is 3.33. The van der Waals surface area contributed by atoms with Crippen LogP contribution in [-0.2, 0) is 20.0 Å². The summed E-state index contributed by atoms with van der Waals surface area (Å²) in [5.41, 5.74) is 2.65. The highest BCUT2D eigenvalue weighted by molar-refractivity contribution is 5.17. The van der Waals surface area contributed by atoms with Gasteiger partial charge in [0.05, 0.1) is 5.69 Å². The zero-order valence-electron chi connectivity index (χ0n) is 11.9. The van der Waals surface area contributed by atoms with Crippen LogP contribution in [0.4, 0.5) is 0 Å². The van der Waals surface area contributed by atoms with E-state index >= 15 is 0 Å². The SMILES string of the molecule is CCNC1CCCN(Cc2cn(C)nc2CC)C1. The van der Waals surface area contributed by atoms with Gasteiger partial charge in [0.2, 0.25) is 0 Å². The Bertz CT molecular complexity index is 370. The Balaban J connectivity index is 1.95. The van der Waals surface area contributed by atoms with E-state index < -0.39 is 0 Å². The molecule has 2 rings (SSSR count). The van der Waals surface area contributed by atoms with Crippen molar-refractivity contribution in [2.45, 2.75) is 45.7 Å². The van der Waals surface area contributed by atoms with Gasteiger partial charge in [-0.2, -0.15) is 5.10 Å². The quantitative estimate of drug-likeness (QED) is 0.861. The van der Waals surface area contributed by atoms with Crippen molar-refractivity contribution in [3.63, 3.8) is 0 Å². The zero-order chi connectivity index (χ0) is 13.0. The molecule has 1 aliphatic rings. The van der Waals surface area contributed by atoms with Crippen LogP contribution in [0.2, 0.25) is 0 Å². The van der Waals surface area contributed by atoms with E-state index in [9.17, 15) is 0 Å². The van der Waals surface area contributed by atoms with E-state index in [4.69, 9.17) is 0 Å². The molecular formula is C14H26N4. The van der Waals surface area contributed by atoms with E-state index in [-0.39, 0.29) is 0 Å². The molecule has 1 N–H and O–H groups in total. The molecule has 1 saturated heterocycles. The number of likely N-dealkylation sites (N-methyl/N-ethyl adjacent to an activating group) is 1. The van der Waals surface area contributed by atoms with E-state index in [1.54, 1.807) is 0 Å². The maximum atomic E-state index is 4.52. The van der Waals surface area contributed by atoms with Crippen molar-refractivity contribution in [1.29, 1.82) is 0 Å². The molecule has 1 aromatic heterocycles. The van der Waals surface area contributed by atoms with Crippen LogP contribution < -0.4 is 5.32 Å². The van der Waals surface area contributed by atoms with E-state index in [2.05, 4.69) is 35.4 Å². The van der Waals surface area contributed by atoms with Crippen LogP contribution in [0.1, 0.15) is 37.9 Å². The molecule has 0 spiro atoms. The van der Waals surface area contributed by atoms with Crippen LogP contribution in [0, 0.1) is 0 Å². The van der Waals surface area contributed by atoms with Crippen LogP contribution in [0.15, 0.2) is 6.20 Å². The molecule has 0 bridgehead atoms. The first-order valence-corrected chi connectivity index (χ1v) is 7.20. The monoisotopic (exact) mass is 250 g/mol. The number of nitrogens with zero attached hydrogens (tertiary/aromatic N) is 3. The summed E-state index contributed by atoms with van der Waals surface area (Å²) >= 11 is 0. The van der Waals surface area contributed by atoms with Gasteiger partial charge in [-0.15, -0.1) is 0 Å². The second kappa shape index (κ2) is 6.34. The van der Waals surface area contributed by atoms with Crippen LogP contribution in [0.25, 0.3) is 0 Å². The fourth-order valence-electron chi connectivity index (χ4n) is 2.91. The molecule has 18 heavy (non-hydrogen) atoms. The minimum atomic E-state index is 0.672. The van der Waals surface area contributed by atoms with Gasteiger partial charge < -0.3 is 5.32 Å². The second-order valence-corrected chi connectivity index (χ2v) is 5.26. The molecule has 0 radical (unpaired) electrons. The van der Waals surface area contributed by atoms with Gasteiger partial charge in [0.15, 0.2) is 0 Å². The number of aryl methyl sites for hydroxylation is 2. The lowest BCUT2D eigenvalue weighted by Gasteiger charge is -2.33. The van der Waals surface area contributed by atoms with Gasteiger partial charge in [-0.25, -0.2) is 0 Å². The smallest absolute Gasteiger partial charge is 0.0666 e. The third-order valence-corrected chi connectivity index (χ3v) is 3.72. The number of aromatic nitrogens is 2. The summed E-state index contributed by atoms with van der Waals surface area (Å²) in [6.45, 7) is 8.90. The molecule has 1 aromatic rings. The summed E-state index contributed by atoms with van der Waals surface area (Å²) in [4.78, 5) is 2.56. The highest BCUT2D eigenvalue weighted by Gasteiger charge is 2.20. The van der Waals surface area contributed by atoms with Gasteiger partial charge in [0.25, 0.3) is 0 Å². The number of piperidine rings is 1. The Labute approximate surface area is 110 Å². The molecule has 0 aromatic carbocycles. The van der Waals surface area contributed by atoms with Crippen LogP contribution in [0.3, 0.4) is 0 Å². The summed E-state index contributed by atoms with van der Waals surface area (Å²) in [7, 11) is 2.01. The molecule has 102 valence electrons. The minimum Gasteiger partial charge on any atom is -0.313 e. The fourth-order valence-corrected chi connectivity index (χ4v) is 2.91. The van der Waals surface area contributed by atoms with Gasteiger partial charge >= 0.3 is 0 Å². The number of nitrogens with one attached hydrogen (secondary N) is 1. The highest BCUT2D eigenvalue weighted by atomic mass is 15.3. The number of hydrogen-bond donors (Lipinski definition) is 1. The van der Waals surface area contributed by atoms with Crippen LogP contribution >= 0.6 is 0 Å². The number of rotatable bonds is 5. The van der Waals surface area contributed by atoms with Gasteiger partial charge in [0.1, 0.15) is 0 Å². The molecule has 1 aliphatic heterocycles. The minimum absolute atomic E-state index is 0.672. The summed E-state index contributed by atoms with van der Waals surface area (Å²) in [5, 5.41) is 8.10. The molecule has 0 amide bonds. The number of hydrogen-bond acceptors (Lipinski definition) is 3. The van der Waals surface area contributed by atoms with Crippen molar-refractivity contribution in [2.75, 3.05) is 19.6 Å². The van der Waals surface area contributed by atoms with Crippen LogP contribution in [-0.4, -0.2) is 40.4 Å². The first kappa shape index (κ1) is 13.6. The fraction of sp³-hybridized carbons (Fsp3) is 0.786. The lowest BCUT2D eigenvalue weighted by molar-refractivity contribution is 0.184. The average Bonchev–Trinajstić information content (AvgIpc) is 2.70. The topological polar surface area (TPSA) is 33.1 Å². The molecule has 1 fully saturated rings. The Morgan fingerprint density at radius 1 is 1.44 bits per heavy atom. The molecule has 2 heterocycles. The molecular weight excluding hydrogens is 224 g/mol. The lowest BCUT2D eigenvalue weighted by atomic mass is 10.0. The summed E-state index contributed by atoms with van der Waals surface area (Å²) in [5.74, 6) is 0. The average molecular weight is 250 g/mol. The lowest BCUT2D eigenvalue weighted by Crippen LogP contribution is -2.45. The van der Waals surface area contributed by atoms with Crippen LogP contribution in [0.5, 0.6) is 0 Å². The van der Waals surface area contributed by atoms with E-state index in [0.29, 0.717) is 6.04 Å². The van der Waals surface area contributed by atoms with E-state index in [0.717, 1.165) is 19.5 Å². The van der Waals surface area contributed by atoms with Crippen molar-refractivity contribution >= 4 is 0 Å². The van der Waals surface area contributed by atoms with Crippen molar-refractivity contribution in [2.24, 2.45) is 7.05 Å². The van der Waals surface area contributed by atoms with Crippen molar-refractivity contribution in [3.8, 4) is 0 Å². The summed E-state index contributed by atoms with van der Waals surface area (Å²) < 4.78 is 1.94. The van der Waals surface area contributed by atoms with Gasteiger partial charge in [-0.05, 0) is 32.4 Å². The van der Waals surface area contributed by atoms with Crippen molar-refractivity contribution in [3.05, 3.63) is 17.5 Å². The summed E-state index contributed by atoms with van der Waals surface area (Å²) in [6.07, 6.45) is 5.83. The maximum absolute atomic E-state index is 4.52. The van der Waals surface area contributed by atoms with Gasteiger partial charge in [0, 0.05) is 37.9 Å². The molecule has 0 saturated carbocycles. The second-order valence-electron chi connectivity index (χ2n) is 5.26. The predicted molar refractivity (Wildman–Crippen MR) is 74.6 cm³/mol. The largest absolute Gasteiger partial charge is 0.313 e. The highest BCUT2D eigenvalue weighted by Crippen LogP contribution is 2.16. The van der Waals surface area contributed by atoms with Gasteiger partial charge in [-0.3, -0.25) is 9.58 Å². The molecule has 1 unspecified atom stereocenters.